The highest BCUT2D eigenvalue weighted by Crippen LogP contribution is 2.40. The first-order valence-corrected chi connectivity index (χ1v) is 11.9. The summed E-state index contributed by atoms with van der Waals surface area (Å²) < 4.78 is 5.21. The van der Waals surface area contributed by atoms with Gasteiger partial charge >= 0.3 is 5.97 Å². The van der Waals surface area contributed by atoms with Crippen LogP contribution >= 0.6 is 11.6 Å². The molecule has 1 aliphatic rings. The van der Waals surface area contributed by atoms with Gasteiger partial charge < -0.3 is 20.3 Å². The molecule has 33 heavy (non-hydrogen) atoms. The zero-order valence-corrected chi connectivity index (χ0v) is 19.8. The Labute approximate surface area is 199 Å². The molecule has 0 aliphatic heterocycles. The molecule has 6 nitrogen and oxygen atoms in total. The Hall–Kier alpha value is -2.57. The number of aryl methyl sites for hydroxylation is 1. The van der Waals surface area contributed by atoms with Gasteiger partial charge in [-0.15, -0.1) is 0 Å². The number of carbonyl (C=O) groups excluding carboxylic acids is 1. The molecule has 0 unspecified atom stereocenters. The summed E-state index contributed by atoms with van der Waals surface area (Å²) in [5.74, 6) is -0.584. The number of aliphatic hydroxyl groups excluding tert-OH is 1. The van der Waals surface area contributed by atoms with Gasteiger partial charge in [0.1, 0.15) is 5.75 Å². The second-order valence-corrected chi connectivity index (χ2v) is 9.07. The molecular weight excluding hydrogens is 442 g/mol. The van der Waals surface area contributed by atoms with Crippen LogP contribution in [-0.4, -0.2) is 35.7 Å². The first kappa shape index (κ1) is 25.1. The van der Waals surface area contributed by atoms with Crippen LogP contribution < -0.4 is 10.1 Å². The number of carbonyl (C=O) groups is 2. The predicted molar refractivity (Wildman–Crippen MR) is 128 cm³/mol. The molecule has 0 spiro atoms. The Morgan fingerprint density at radius 3 is 2.55 bits per heavy atom. The maximum Gasteiger partial charge on any atom is 0.314 e. The average Bonchev–Trinajstić information content (AvgIpc) is 2.83. The summed E-state index contributed by atoms with van der Waals surface area (Å²) in [4.78, 5) is 24.6. The first-order valence-electron chi connectivity index (χ1n) is 11.5. The number of unbranched alkanes of at least 4 members (excludes halogenated alkanes) is 1. The summed E-state index contributed by atoms with van der Waals surface area (Å²) in [5, 5.41) is 22.4. The molecule has 0 aromatic heterocycles. The molecule has 1 amide bonds. The number of amides is 1. The van der Waals surface area contributed by atoms with E-state index in [1.54, 1.807) is 6.07 Å². The Kier molecular flexibility index (Phi) is 8.75. The van der Waals surface area contributed by atoms with Gasteiger partial charge in [0.05, 0.1) is 29.7 Å². The lowest BCUT2D eigenvalue weighted by atomic mass is 9.69. The number of methoxy groups -OCH3 is 1. The number of carboxylic acid groups (broad SMARTS) is 1. The van der Waals surface area contributed by atoms with Crippen molar-refractivity contribution in [3.63, 3.8) is 0 Å². The molecule has 178 valence electrons. The second kappa shape index (κ2) is 11.5. The van der Waals surface area contributed by atoms with Crippen molar-refractivity contribution in [3.8, 4) is 5.75 Å². The predicted octanol–water partition coefficient (Wildman–Crippen LogP) is 4.88. The molecule has 0 atom stereocenters. The van der Waals surface area contributed by atoms with E-state index < -0.39 is 11.4 Å². The van der Waals surface area contributed by atoms with E-state index in [0.29, 0.717) is 36.3 Å². The molecule has 2 aromatic carbocycles. The fourth-order valence-electron chi connectivity index (χ4n) is 4.64. The molecule has 1 fully saturated rings. The molecule has 0 radical (unpaired) electrons. The van der Waals surface area contributed by atoms with Crippen molar-refractivity contribution in [1.82, 2.24) is 5.32 Å². The topological polar surface area (TPSA) is 95.9 Å². The molecule has 1 saturated carbocycles. The van der Waals surface area contributed by atoms with Crippen molar-refractivity contribution >= 4 is 23.5 Å². The number of aliphatic carboxylic acids is 1. The smallest absolute Gasteiger partial charge is 0.314 e. The van der Waals surface area contributed by atoms with E-state index in [0.717, 1.165) is 49.7 Å². The van der Waals surface area contributed by atoms with E-state index in [4.69, 9.17) is 16.3 Å². The number of aliphatic hydroxyl groups is 1. The molecule has 7 heteroatoms. The van der Waals surface area contributed by atoms with E-state index in [2.05, 4.69) is 5.32 Å². The molecule has 1 aliphatic carbocycles. The van der Waals surface area contributed by atoms with Crippen LogP contribution in [0.2, 0.25) is 5.02 Å². The van der Waals surface area contributed by atoms with Crippen LogP contribution in [-0.2, 0) is 23.2 Å². The molecule has 3 rings (SSSR count). The van der Waals surface area contributed by atoms with Crippen LogP contribution in [0.25, 0.3) is 0 Å². The van der Waals surface area contributed by atoms with E-state index in [1.165, 1.54) is 13.2 Å². The lowest BCUT2D eigenvalue weighted by Gasteiger charge is -2.34. The minimum atomic E-state index is -0.756. The average molecular weight is 474 g/mol. The van der Waals surface area contributed by atoms with Gasteiger partial charge in [-0.2, -0.15) is 0 Å². The third kappa shape index (κ3) is 5.87. The largest absolute Gasteiger partial charge is 0.496 e. The van der Waals surface area contributed by atoms with Crippen molar-refractivity contribution in [1.29, 1.82) is 0 Å². The summed E-state index contributed by atoms with van der Waals surface area (Å²) in [5.41, 5.74) is 2.12. The van der Waals surface area contributed by atoms with Gasteiger partial charge in [-0.05, 0) is 55.4 Å². The highest BCUT2D eigenvalue weighted by Gasteiger charge is 2.41. The first-order chi connectivity index (χ1) is 15.9. The molecular formula is C26H32ClNO5. The normalized spacial score (nSPS) is 15.1. The molecule has 0 bridgehead atoms. The zero-order chi connectivity index (χ0) is 23.8. The summed E-state index contributed by atoms with van der Waals surface area (Å²) in [6.07, 6.45) is 6.87. The van der Waals surface area contributed by atoms with Crippen LogP contribution in [0.4, 0.5) is 0 Å². The van der Waals surface area contributed by atoms with Crippen molar-refractivity contribution in [2.24, 2.45) is 0 Å². The van der Waals surface area contributed by atoms with E-state index in [9.17, 15) is 19.8 Å². The summed E-state index contributed by atoms with van der Waals surface area (Å²) in [6, 6.07) is 11.1. The maximum absolute atomic E-state index is 12.5. The monoisotopic (exact) mass is 473 g/mol. The minimum Gasteiger partial charge on any atom is -0.496 e. The van der Waals surface area contributed by atoms with E-state index in [-0.39, 0.29) is 17.5 Å². The van der Waals surface area contributed by atoms with Gasteiger partial charge in [0.25, 0.3) is 5.91 Å². The summed E-state index contributed by atoms with van der Waals surface area (Å²) in [6.45, 7) is 0.275. The van der Waals surface area contributed by atoms with Crippen molar-refractivity contribution in [2.75, 3.05) is 13.7 Å². The number of benzene rings is 2. The van der Waals surface area contributed by atoms with Crippen LogP contribution in [0.3, 0.4) is 0 Å². The summed E-state index contributed by atoms with van der Waals surface area (Å²) in [7, 11) is 1.48. The van der Waals surface area contributed by atoms with Gasteiger partial charge in [-0.25, -0.2) is 0 Å². The number of nitrogens with one attached hydrogen (secondary N) is 1. The number of ether oxygens (including phenoxy) is 1. The molecule has 2 aromatic rings. The van der Waals surface area contributed by atoms with Gasteiger partial charge in [-0.1, -0.05) is 55.1 Å². The summed E-state index contributed by atoms with van der Waals surface area (Å²) >= 11 is 6.20. The van der Waals surface area contributed by atoms with Gasteiger partial charge in [0.2, 0.25) is 0 Å². The Bertz CT molecular complexity index is 985. The number of rotatable bonds is 10. The van der Waals surface area contributed by atoms with Crippen LogP contribution in [0.1, 0.15) is 72.0 Å². The third-order valence-electron chi connectivity index (χ3n) is 6.56. The molecule has 0 saturated heterocycles. The lowest BCUT2D eigenvalue weighted by molar-refractivity contribution is -0.145. The quantitative estimate of drug-likeness (QED) is 0.427. The number of halogens is 1. The van der Waals surface area contributed by atoms with E-state index in [1.807, 2.05) is 24.3 Å². The van der Waals surface area contributed by atoms with Crippen molar-refractivity contribution < 1.29 is 24.5 Å². The minimum absolute atomic E-state index is 0.223. The fraction of sp³-hybridized carbons (Fsp3) is 0.462. The van der Waals surface area contributed by atoms with E-state index >= 15 is 0 Å². The Morgan fingerprint density at radius 1 is 1.12 bits per heavy atom. The molecule has 0 heterocycles. The fourth-order valence-corrected chi connectivity index (χ4v) is 4.91. The lowest BCUT2D eigenvalue weighted by Crippen LogP contribution is -2.37. The highest BCUT2D eigenvalue weighted by molar-refractivity contribution is 6.34. The van der Waals surface area contributed by atoms with Crippen LogP contribution in [0.15, 0.2) is 36.4 Å². The maximum atomic E-state index is 12.5. The Morgan fingerprint density at radius 2 is 1.88 bits per heavy atom. The standard InChI is InChI=1S/C26H32ClNO5/c1-33-23-16-21(22(27)15-19(23)17-29)24(30)28-13-6-3-8-18-9-7-10-20(14-18)26(25(31)32)11-4-2-5-12-26/h7,9-10,14-16,29H,2-6,8,11-13,17H2,1H3,(H,28,30)(H,31,32). The van der Waals surface area contributed by atoms with Crippen molar-refractivity contribution in [2.45, 2.75) is 63.4 Å². The second-order valence-electron chi connectivity index (χ2n) is 8.66. The number of hydrogen-bond acceptors (Lipinski definition) is 4. The Balaban J connectivity index is 1.53. The van der Waals surface area contributed by atoms with Crippen molar-refractivity contribution in [3.05, 3.63) is 63.7 Å². The van der Waals surface area contributed by atoms with Crippen LogP contribution in [0, 0.1) is 0 Å². The SMILES string of the molecule is COc1cc(C(=O)NCCCCc2cccc(C3(C(=O)O)CCCCC3)c2)c(Cl)cc1CO. The van der Waals surface area contributed by atoms with Crippen LogP contribution in [0.5, 0.6) is 5.75 Å². The molecule has 3 N–H and O–H groups in total. The zero-order valence-electron chi connectivity index (χ0n) is 19.0. The van der Waals surface area contributed by atoms with Gasteiger partial charge in [0.15, 0.2) is 0 Å². The number of hydrogen-bond donors (Lipinski definition) is 3. The third-order valence-corrected chi connectivity index (χ3v) is 6.87. The number of carboxylic acids is 1. The highest BCUT2D eigenvalue weighted by atomic mass is 35.5. The van der Waals surface area contributed by atoms with Gasteiger partial charge in [0, 0.05) is 12.1 Å². The van der Waals surface area contributed by atoms with Gasteiger partial charge in [-0.3, -0.25) is 9.59 Å².